The summed E-state index contributed by atoms with van der Waals surface area (Å²) >= 11 is 0. The molecule has 0 aliphatic carbocycles. The van der Waals surface area contributed by atoms with Crippen LogP contribution in [0.25, 0.3) is 11.0 Å². The predicted octanol–water partition coefficient (Wildman–Crippen LogP) is 3.32. The van der Waals surface area contributed by atoms with Crippen molar-refractivity contribution in [2.24, 2.45) is 0 Å². The van der Waals surface area contributed by atoms with Gasteiger partial charge in [0.1, 0.15) is 0 Å². The molecule has 0 bridgehead atoms. The van der Waals surface area contributed by atoms with Gasteiger partial charge in [-0.25, -0.2) is 13.4 Å². The van der Waals surface area contributed by atoms with E-state index in [0.717, 1.165) is 23.2 Å². The summed E-state index contributed by atoms with van der Waals surface area (Å²) in [5.74, 6) is -0.180. The predicted molar refractivity (Wildman–Crippen MR) is 114 cm³/mol. The van der Waals surface area contributed by atoms with Crippen LogP contribution >= 0.6 is 0 Å². The van der Waals surface area contributed by atoms with Crippen LogP contribution in [0.5, 0.6) is 0 Å². The molecule has 3 aromatic rings. The first-order chi connectivity index (χ1) is 13.6. The summed E-state index contributed by atoms with van der Waals surface area (Å²) in [5, 5.41) is -0.0900. The van der Waals surface area contributed by atoms with Gasteiger partial charge >= 0.3 is 0 Å². The van der Waals surface area contributed by atoms with E-state index in [9.17, 15) is 13.2 Å². The van der Waals surface area contributed by atoms with Crippen LogP contribution in [0.3, 0.4) is 0 Å². The number of rotatable bonds is 4. The number of likely N-dealkylation sites (N-methyl/N-ethyl adjacent to an activating group) is 1. The minimum atomic E-state index is -3.58. The van der Waals surface area contributed by atoms with Gasteiger partial charge in [-0.2, -0.15) is 0 Å². The molecule has 29 heavy (non-hydrogen) atoms. The molecule has 1 aliphatic heterocycles. The Morgan fingerprint density at radius 3 is 2.45 bits per heavy atom. The number of hydrogen-bond acceptors (Lipinski definition) is 5. The Morgan fingerprint density at radius 1 is 1.10 bits per heavy atom. The van der Waals surface area contributed by atoms with E-state index in [0.29, 0.717) is 11.0 Å². The van der Waals surface area contributed by atoms with Gasteiger partial charge in [-0.15, -0.1) is 0 Å². The lowest BCUT2D eigenvalue weighted by Gasteiger charge is -2.24. The van der Waals surface area contributed by atoms with Gasteiger partial charge in [-0.1, -0.05) is 44.2 Å². The highest BCUT2D eigenvalue weighted by molar-refractivity contribution is 7.90. The summed E-state index contributed by atoms with van der Waals surface area (Å²) in [7, 11) is -1.63. The van der Waals surface area contributed by atoms with Crippen molar-refractivity contribution in [2.45, 2.75) is 31.0 Å². The summed E-state index contributed by atoms with van der Waals surface area (Å²) in [5.41, 5.74) is 3.97. The van der Waals surface area contributed by atoms with Crippen molar-refractivity contribution in [1.29, 1.82) is 0 Å². The second-order valence-electron chi connectivity index (χ2n) is 7.94. The normalized spacial score (nSPS) is 17.1. The fourth-order valence-corrected chi connectivity index (χ4v) is 4.93. The molecule has 0 saturated carbocycles. The lowest BCUT2D eigenvalue weighted by Crippen LogP contribution is -2.25. The third kappa shape index (κ3) is 3.15. The molecule has 0 radical (unpaired) electrons. The van der Waals surface area contributed by atoms with Gasteiger partial charge in [0.05, 0.1) is 17.6 Å². The highest BCUT2D eigenvalue weighted by atomic mass is 32.2. The molecule has 0 unspecified atom stereocenters. The molecule has 0 spiro atoms. The van der Waals surface area contributed by atoms with Crippen molar-refractivity contribution in [1.82, 2.24) is 9.55 Å². The van der Waals surface area contributed by atoms with Crippen LogP contribution in [0.15, 0.2) is 65.5 Å². The molecule has 0 atom stereocenters. The highest BCUT2D eigenvalue weighted by Crippen LogP contribution is 2.46. The number of benzene rings is 2. The van der Waals surface area contributed by atoms with E-state index in [2.05, 4.69) is 24.9 Å². The van der Waals surface area contributed by atoms with Gasteiger partial charge < -0.3 is 9.47 Å². The van der Waals surface area contributed by atoms with E-state index >= 15 is 0 Å². The van der Waals surface area contributed by atoms with E-state index in [1.807, 2.05) is 30.1 Å². The average molecular weight is 410 g/mol. The second-order valence-corrected chi connectivity index (χ2v) is 9.85. The Hall–Kier alpha value is -2.93. The van der Waals surface area contributed by atoms with Crippen LogP contribution in [0.1, 0.15) is 19.4 Å². The number of ketones is 1. The Kier molecular flexibility index (Phi) is 4.38. The maximum absolute atomic E-state index is 13.0. The molecule has 150 valence electrons. The first kappa shape index (κ1) is 19.4. The zero-order valence-corrected chi connectivity index (χ0v) is 17.7. The lowest BCUT2D eigenvalue weighted by atomic mass is 9.83. The quantitative estimate of drug-likeness (QED) is 0.618. The van der Waals surface area contributed by atoms with Gasteiger partial charge in [0, 0.05) is 36.2 Å². The summed E-state index contributed by atoms with van der Waals surface area (Å²) < 4.78 is 26.0. The minimum absolute atomic E-state index is 0.0900. The molecular weight excluding hydrogens is 386 g/mol. The molecule has 0 N–H and O–H groups in total. The number of para-hydroxylation sites is 3. The van der Waals surface area contributed by atoms with Crippen molar-refractivity contribution in [3.8, 4) is 0 Å². The summed E-state index contributed by atoms with van der Waals surface area (Å²) in [6.07, 6.45) is 2.74. The summed E-state index contributed by atoms with van der Waals surface area (Å²) in [6.45, 7) is 4.08. The third-order valence-corrected chi connectivity index (χ3v) is 6.48. The molecule has 4 rings (SSSR count). The zero-order chi connectivity index (χ0) is 21.0. The second kappa shape index (κ2) is 6.56. The summed E-state index contributed by atoms with van der Waals surface area (Å²) in [4.78, 5) is 19.3. The Bertz CT molecular complexity index is 1270. The maximum atomic E-state index is 13.0. The van der Waals surface area contributed by atoms with E-state index in [1.54, 1.807) is 30.3 Å². The number of sulfone groups is 1. The van der Waals surface area contributed by atoms with Crippen molar-refractivity contribution in [2.75, 3.05) is 18.2 Å². The van der Waals surface area contributed by atoms with Gasteiger partial charge in [-0.05, 0) is 23.8 Å². The number of aromatic nitrogens is 2. The smallest absolute Gasteiger partial charge is 0.228 e. The van der Waals surface area contributed by atoms with E-state index in [1.165, 1.54) is 4.57 Å². The van der Waals surface area contributed by atoms with Gasteiger partial charge in [0.15, 0.2) is 5.78 Å². The van der Waals surface area contributed by atoms with Crippen molar-refractivity contribution in [3.63, 3.8) is 0 Å². The topological polar surface area (TPSA) is 72.3 Å². The Balaban J connectivity index is 1.75. The van der Waals surface area contributed by atoms with E-state index in [-0.39, 0.29) is 22.9 Å². The maximum Gasteiger partial charge on any atom is 0.228 e. The fourth-order valence-electron chi connectivity index (χ4n) is 4.10. The van der Waals surface area contributed by atoms with Crippen LogP contribution in [0.4, 0.5) is 5.69 Å². The molecular formula is C22H23N3O3S. The van der Waals surface area contributed by atoms with Gasteiger partial charge in [0.2, 0.25) is 15.0 Å². The lowest BCUT2D eigenvalue weighted by molar-refractivity contribution is -0.115. The minimum Gasteiger partial charge on any atom is -0.347 e. The first-order valence-corrected chi connectivity index (χ1v) is 11.2. The van der Waals surface area contributed by atoms with Crippen molar-refractivity contribution < 1.29 is 13.2 Å². The zero-order valence-electron chi connectivity index (χ0n) is 16.9. The number of carbonyl (C=O) groups excluding carboxylic acids is 1. The molecule has 0 fully saturated rings. The molecule has 0 amide bonds. The largest absolute Gasteiger partial charge is 0.347 e. The number of hydrogen-bond donors (Lipinski definition) is 0. The Labute approximate surface area is 170 Å². The average Bonchev–Trinajstić information content (AvgIpc) is 3.12. The standard InChI is InChI=1S/C22H23N3O3S/c1-22(2)16-9-5-7-11-18(16)24(3)20(22)13-15(26)14-25-19-12-8-6-10-17(19)23-21(25)29(4,27)28/h5-13H,14H2,1-4H3. The van der Waals surface area contributed by atoms with Gasteiger partial charge in [-0.3, -0.25) is 4.79 Å². The number of carbonyl (C=O) groups is 1. The molecule has 1 aromatic heterocycles. The van der Waals surface area contributed by atoms with Gasteiger partial charge in [0.25, 0.3) is 0 Å². The number of anilines is 1. The van der Waals surface area contributed by atoms with Crippen molar-refractivity contribution in [3.05, 3.63) is 65.9 Å². The number of allylic oxidation sites excluding steroid dienone is 2. The van der Waals surface area contributed by atoms with Crippen molar-refractivity contribution >= 4 is 32.3 Å². The molecule has 1 aliphatic rings. The van der Waals surface area contributed by atoms with Crippen LogP contribution in [0.2, 0.25) is 0 Å². The Morgan fingerprint density at radius 2 is 1.76 bits per heavy atom. The number of nitrogens with zero attached hydrogens (tertiary/aromatic N) is 3. The highest BCUT2D eigenvalue weighted by Gasteiger charge is 2.38. The first-order valence-electron chi connectivity index (χ1n) is 9.34. The number of fused-ring (bicyclic) bond motifs is 2. The third-order valence-electron chi connectivity index (χ3n) is 5.50. The van der Waals surface area contributed by atoms with Crippen LogP contribution in [0, 0.1) is 0 Å². The summed E-state index contributed by atoms with van der Waals surface area (Å²) in [6, 6.07) is 15.2. The fraction of sp³-hybridized carbons (Fsp3) is 0.273. The monoisotopic (exact) mass is 409 g/mol. The van der Waals surface area contributed by atoms with Crippen LogP contribution in [-0.2, 0) is 26.6 Å². The van der Waals surface area contributed by atoms with Crippen LogP contribution < -0.4 is 4.90 Å². The van der Waals surface area contributed by atoms with E-state index in [4.69, 9.17) is 0 Å². The SMILES string of the molecule is CN1C(=CC(=O)Cn2c(S(C)(=O)=O)nc3ccccc32)C(C)(C)c2ccccc21. The number of imidazole rings is 1. The molecule has 7 heteroatoms. The molecule has 6 nitrogen and oxygen atoms in total. The molecule has 0 saturated heterocycles. The molecule has 2 aromatic carbocycles. The molecule has 2 heterocycles. The van der Waals surface area contributed by atoms with Crippen LogP contribution in [-0.4, -0.2) is 37.1 Å². The van der Waals surface area contributed by atoms with E-state index < -0.39 is 9.84 Å².